The van der Waals surface area contributed by atoms with Gasteiger partial charge in [-0.2, -0.15) is 11.8 Å². The molecule has 0 amide bonds. The summed E-state index contributed by atoms with van der Waals surface area (Å²) in [5.41, 5.74) is 1.34. The molecule has 2 atom stereocenters. The summed E-state index contributed by atoms with van der Waals surface area (Å²) in [7, 11) is 0. The molecule has 2 fully saturated rings. The van der Waals surface area contributed by atoms with E-state index in [4.69, 9.17) is 0 Å². The van der Waals surface area contributed by atoms with Crippen LogP contribution in [0.3, 0.4) is 0 Å². The van der Waals surface area contributed by atoms with Gasteiger partial charge in [0.15, 0.2) is 0 Å². The predicted octanol–water partition coefficient (Wildman–Crippen LogP) is 3.87. The maximum Gasteiger partial charge on any atom is 0.0932 e. The lowest BCUT2D eigenvalue weighted by molar-refractivity contribution is 0.00797. The summed E-state index contributed by atoms with van der Waals surface area (Å²) in [4.78, 5) is 4.53. The van der Waals surface area contributed by atoms with Gasteiger partial charge in [0.1, 0.15) is 0 Å². The maximum atomic E-state index is 11.2. The van der Waals surface area contributed by atoms with Crippen molar-refractivity contribution in [3.05, 3.63) is 42.1 Å². The van der Waals surface area contributed by atoms with E-state index in [1.807, 2.05) is 24.4 Å². The Bertz CT molecular complexity index is 630. The van der Waals surface area contributed by atoms with E-state index in [1.54, 1.807) is 0 Å². The van der Waals surface area contributed by atoms with Gasteiger partial charge in [-0.15, -0.1) is 0 Å². The van der Waals surface area contributed by atoms with Crippen molar-refractivity contribution in [2.75, 3.05) is 0 Å². The minimum atomic E-state index is -0.669. The number of rotatable bonds is 1. The molecule has 0 aliphatic carbocycles. The smallest absolute Gasteiger partial charge is 0.0932 e. The highest BCUT2D eigenvalue weighted by Crippen LogP contribution is 2.49. The summed E-state index contributed by atoms with van der Waals surface area (Å²) in [5.74, 6) is 0. The van der Waals surface area contributed by atoms with Crippen LogP contribution >= 0.6 is 11.8 Å². The molecule has 3 heterocycles. The van der Waals surface area contributed by atoms with Crippen LogP contribution in [0.2, 0.25) is 0 Å². The quantitative estimate of drug-likeness (QED) is 0.863. The number of fused-ring (bicyclic) bond motifs is 3. The highest BCUT2D eigenvalue weighted by Gasteiger charge is 2.42. The number of aliphatic hydroxyl groups is 1. The first-order valence-electron chi connectivity index (χ1n) is 7.46. The second-order valence-electron chi connectivity index (χ2n) is 6.17. The van der Waals surface area contributed by atoms with E-state index in [0.717, 1.165) is 29.3 Å². The van der Waals surface area contributed by atoms with Gasteiger partial charge >= 0.3 is 0 Å². The molecule has 0 radical (unpaired) electrons. The Balaban J connectivity index is 1.73. The van der Waals surface area contributed by atoms with Crippen LogP contribution in [-0.2, 0) is 5.60 Å². The molecule has 2 aromatic rings. The molecule has 4 rings (SSSR count). The normalized spacial score (nSPS) is 33.2. The third-order valence-corrected chi connectivity index (χ3v) is 6.27. The van der Waals surface area contributed by atoms with Gasteiger partial charge in [0.2, 0.25) is 0 Å². The zero-order valence-corrected chi connectivity index (χ0v) is 12.3. The standard InChI is InChI=1S/C17H19NOS/c19-17(9-14-5-3-6-15(10-17)20-14)13-8-12-4-1-2-7-16(12)18-11-13/h1-2,4,7-8,11,14-15,19H,3,5-6,9-10H2. The lowest BCUT2D eigenvalue weighted by Crippen LogP contribution is -2.40. The minimum absolute atomic E-state index is 0.624. The highest BCUT2D eigenvalue weighted by atomic mass is 32.2. The lowest BCUT2D eigenvalue weighted by atomic mass is 9.81. The van der Waals surface area contributed by atoms with Gasteiger partial charge in [0, 0.05) is 27.6 Å². The summed E-state index contributed by atoms with van der Waals surface area (Å²) < 4.78 is 0. The van der Waals surface area contributed by atoms with Gasteiger partial charge in [0.05, 0.1) is 11.1 Å². The Hall–Kier alpha value is -1.06. The van der Waals surface area contributed by atoms with E-state index < -0.39 is 5.60 Å². The average molecular weight is 285 g/mol. The summed E-state index contributed by atoms with van der Waals surface area (Å²) >= 11 is 2.09. The lowest BCUT2D eigenvalue weighted by Gasteiger charge is -2.44. The van der Waals surface area contributed by atoms with Crippen molar-refractivity contribution < 1.29 is 5.11 Å². The zero-order chi connectivity index (χ0) is 13.6. The molecule has 104 valence electrons. The van der Waals surface area contributed by atoms with Crippen LogP contribution in [0.15, 0.2) is 36.5 Å². The molecule has 1 aromatic carbocycles. The molecule has 1 aromatic heterocycles. The largest absolute Gasteiger partial charge is 0.385 e. The van der Waals surface area contributed by atoms with E-state index >= 15 is 0 Å². The Kier molecular flexibility index (Phi) is 3.00. The van der Waals surface area contributed by atoms with E-state index in [9.17, 15) is 5.11 Å². The SMILES string of the molecule is OC1(c2cnc3ccccc3c2)CC2CCCC(C1)S2. The second kappa shape index (κ2) is 4.74. The fourth-order valence-corrected chi connectivity index (χ4v) is 5.57. The van der Waals surface area contributed by atoms with Crippen molar-refractivity contribution in [3.63, 3.8) is 0 Å². The first kappa shape index (κ1) is 12.7. The fourth-order valence-electron chi connectivity index (χ4n) is 3.68. The van der Waals surface area contributed by atoms with Gasteiger partial charge in [-0.1, -0.05) is 24.6 Å². The Labute approximate surface area is 123 Å². The van der Waals surface area contributed by atoms with Crippen molar-refractivity contribution in [2.24, 2.45) is 0 Å². The molecule has 1 N–H and O–H groups in total. The van der Waals surface area contributed by atoms with Crippen LogP contribution in [0.5, 0.6) is 0 Å². The molecule has 2 saturated heterocycles. The molecule has 2 nitrogen and oxygen atoms in total. The van der Waals surface area contributed by atoms with Gasteiger partial charge in [-0.25, -0.2) is 0 Å². The topological polar surface area (TPSA) is 33.1 Å². The fraction of sp³-hybridized carbons (Fsp3) is 0.471. The number of hydrogen-bond donors (Lipinski definition) is 1. The third-order valence-electron chi connectivity index (χ3n) is 4.70. The number of thioether (sulfide) groups is 1. The summed E-state index contributed by atoms with van der Waals surface area (Å²) in [6.07, 6.45) is 7.49. The van der Waals surface area contributed by atoms with Gasteiger partial charge in [-0.05, 0) is 37.8 Å². The Morgan fingerprint density at radius 3 is 2.70 bits per heavy atom. The molecule has 2 bridgehead atoms. The third kappa shape index (κ3) is 2.13. The van der Waals surface area contributed by atoms with Gasteiger partial charge in [0.25, 0.3) is 0 Å². The van der Waals surface area contributed by atoms with Gasteiger partial charge in [-0.3, -0.25) is 4.98 Å². The van der Waals surface area contributed by atoms with Crippen LogP contribution < -0.4 is 0 Å². The highest BCUT2D eigenvalue weighted by molar-refractivity contribution is 8.00. The number of pyridine rings is 1. The van der Waals surface area contributed by atoms with Gasteiger partial charge < -0.3 is 5.11 Å². The first-order valence-corrected chi connectivity index (χ1v) is 8.40. The van der Waals surface area contributed by atoms with Crippen LogP contribution in [0.4, 0.5) is 0 Å². The molecule has 0 spiro atoms. The average Bonchev–Trinajstić information content (AvgIpc) is 2.46. The van der Waals surface area contributed by atoms with Crippen molar-refractivity contribution >= 4 is 22.7 Å². The van der Waals surface area contributed by atoms with Crippen molar-refractivity contribution in [1.82, 2.24) is 4.98 Å². The monoisotopic (exact) mass is 285 g/mol. The molecular weight excluding hydrogens is 266 g/mol. The Morgan fingerprint density at radius 1 is 1.15 bits per heavy atom. The number of hydrogen-bond acceptors (Lipinski definition) is 3. The molecule has 2 aliphatic heterocycles. The van der Waals surface area contributed by atoms with Crippen molar-refractivity contribution in [1.29, 1.82) is 0 Å². The number of aromatic nitrogens is 1. The minimum Gasteiger partial charge on any atom is -0.385 e. The molecule has 0 saturated carbocycles. The van der Waals surface area contributed by atoms with E-state index in [0.29, 0.717) is 10.5 Å². The summed E-state index contributed by atoms with van der Waals surface area (Å²) in [6.45, 7) is 0. The molecular formula is C17H19NOS. The van der Waals surface area contributed by atoms with Crippen LogP contribution in [0, 0.1) is 0 Å². The molecule has 2 aliphatic rings. The molecule has 20 heavy (non-hydrogen) atoms. The maximum absolute atomic E-state index is 11.2. The predicted molar refractivity (Wildman–Crippen MR) is 83.9 cm³/mol. The van der Waals surface area contributed by atoms with Crippen molar-refractivity contribution in [3.8, 4) is 0 Å². The first-order chi connectivity index (χ1) is 9.73. The number of para-hydroxylation sites is 1. The second-order valence-corrected chi connectivity index (χ2v) is 7.77. The molecule has 2 unspecified atom stereocenters. The number of benzene rings is 1. The molecule has 3 heteroatoms. The summed E-state index contributed by atoms with van der Waals surface area (Å²) in [6, 6.07) is 10.3. The van der Waals surface area contributed by atoms with Crippen LogP contribution in [0.1, 0.15) is 37.7 Å². The van der Waals surface area contributed by atoms with Crippen LogP contribution in [0.25, 0.3) is 10.9 Å². The number of nitrogens with zero attached hydrogens (tertiary/aromatic N) is 1. The van der Waals surface area contributed by atoms with E-state index in [-0.39, 0.29) is 0 Å². The zero-order valence-electron chi connectivity index (χ0n) is 11.5. The van der Waals surface area contributed by atoms with E-state index in [2.05, 4.69) is 28.9 Å². The summed E-state index contributed by atoms with van der Waals surface area (Å²) in [5, 5.41) is 13.5. The van der Waals surface area contributed by atoms with E-state index in [1.165, 1.54) is 19.3 Å². The van der Waals surface area contributed by atoms with Crippen LogP contribution in [-0.4, -0.2) is 20.6 Å². The Morgan fingerprint density at radius 2 is 1.90 bits per heavy atom. The van der Waals surface area contributed by atoms with Crippen molar-refractivity contribution in [2.45, 2.75) is 48.2 Å².